The normalized spacial score (nSPS) is 20.6. The van der Waals surface area contributed by atoms with Crippen LogP contribution in [-0.2, 0) is 33.2 Å². The van der Waals surface area contributed by atoms with E-state index in [1.807, 2.05) is 0 Å². The van der Waals surface area contributed by atoms with Crippen molar-refractivity contribution in [1.29, 1.82) is 0 Å². The number of hydrogen-bond donors (Lipinski definition) is 0. The topological polar surface area (TPSA) is 93.2 Å². The highest BCUT2D eigenvalue weighted by atomic mass is 35.5. The molecule has 0 N–H and O–H groups in total. The highest BCUT2D eigenvalue weighted by Gasteiger charge is 2.58. The van der Waals surface area contributed by atoms with E-state index in [2.05, 4.69) is 0 Å². The van der Waals surface area contributed by atoms with Crippen molar-refractivity contribution < 1.29 is 41.2 Å². The van der Waals surface area contributed by atoms with Crippen LogP contribution in [0.5, 0.6) is 5.75 Å². The van der Waals surface area contributed by atoms with Crippen molar-refractivity contribution in [2.24, 2.45) is 0 Å². The summed E-state index contributed by atoms with van der Waals surface area (Å²) >= 11 is 4.39. The highest BCUT2D eigenvalue weighted by Crippen LogP contribution is 2.47. The van der Waals surface area contributed by atoms with Crippen LogP contribution in [0.25, 0.3) is 0 Å². The van der Waals surface area contributed by atoms with Crippen LogP contribution in [-0.4, -0.2) is 53.5 Å². The third kappa shape index (κ3) is 4.17. The molecule has 2 aliphatic rings. The number of alkyl halides is 3. The lowest BCUT2D eigenvalue weighted by molar-refractivity contribution is -0.183. The minimum absolute atomic E-state index is 0.0191. The van der Waals surface area contributed by atoms with Gasteiger partial charge in [0.15, 0.2) is 11.8 Å². The van der Waals surface area contributed by atoms with Gasteiger partial charge in [0.2, 0.25) is 0 Å². The van der Waals surface area contributed by atoms with Crippen LogP contribution < -0.4 is 13.9 Å². The maximum absolute atomic E-state index is 15.1. The van der Waals surface area contributed by atoms with Crippen LogP contribution in [0.15, 0.2) is 30.3 Å². The highest BCUT2D eigenvalue weighted by molar-refractivity contribution is 7.92. The van der Waals surface area contributed by atoms with Gasteiger partial charge in [0.1, 0.15) is 22.9 Å². The molecule has 2 aromatic carbocycles. The number of carbonyl (C=O) groups is 3. The zero-order valence-electron chi connectivity index (χ0n) is 18.1. The Morgan fingerprint density at radius 3 is 2.37 bits per heavy atom. The van der Waals surface area contributed by atoms with Crippen molar-refractivity contribution in [1.82, 2.24) is 4.90 Å². The van der Waals surface area contributed by atoms with E-state index in [9.17, 15) is 32.1 Å². The van der Waals surface area contributed by atoms with Crippen LogP contribution in [0.4, 0.5) is 33.7 Å². The third-order valence-corrected chi connectivity index (χ3v) is 7.23. The molecule has 4 rings (SSSR count). The third-order valence-electron chi connectivity index (χ3n) is 5.60. The molecule has 2 heterocycles. The molecule has 8 nitrogen and oxygen atoms in total. The van der Waals surface area contributed by atoms with Gasteiger partial charge in [-0.3, -0.25) is 9.59 Å². The number of ether oxygens (including phenoxy) is 1. The van der Waals surface area contributed by atoms with Crippen molar-refractivity contribution in [2.75, 3.05) is 23.4 Å². The Morgan fingerprint density at radius 2 is 1.80 bits per heavy atom. The van der Waals surface area contributed by atoms with Crippen LogP contribution in [0.2, 0.25) is 5.02 Å². The molecule has 1 fully saturated rings. The molecule has 2 unspecified atom stereocenters. The maximum Gasteiger partial charge on any atom is 0.416 e. The lowest BCUT2D eigenvalue weighted by Crippen LogP contribution is -2.65. The summed E-state index contributed by atoms with van der Waals surface area (Å²) in [6.45, 7) is 0.0330. The Labute approximate surface area is 204 Å². The van der Waals surface area contributed by atoms with E-state index < -0.39 is 58.6 Å². The molecule has 0 radical (unpaired) electrons. The largest absolute Gasteiger partial charge is 0.593 e. The lowest BCUT2D eigenvalue weighted by atomic mass is 10.0. The van der Waals surface area contributed by atoms with Gasteiger partial charge in [-0.05, 0) is 23.8 Å². The molecule has 0 aromatic heterocycles. The van der Waals surface area contributed by atoms with Crippen molar-refractivity contribution in [2.45, 2.75) is 24.5 Å². The summed E-state index contributed by atoms with van der Waals surface area (Å²) in [6, 6.07) is 2.90. The fourth-order valence-electron chi connectivity index (χ4n) is 3.97. The summed E-state index contributed by atoms with van der Waals surface area (Å²) in [5, 5.41) is -0.189. The first-order valence-corrected chi connectivity index (χ1v) is 11.5. The standard InChI is InChI=1S/C21H16ClF4N3O5S/c1-27-18(21(24,25)26)17(30)19(31)29(20(27)32)16-12-9-35(33)28(15(12)13(22)7-14(16)23)8-10-3-5-11(34-2)6-4-10/h3-7,18H,8-9H2,1-2H3. The van der Waals surface area contributed by atoms with E-state index in [0.29, 0.717) is 18.4 Å². The van der Waals surface area contributed by atoms with Crippen LogP contribution >= 0.6 is 11.6 Å². The predicted molar refractivity (Wildman–Crippen MR) is 118 cm³/mol. The van der Waals surface area contributed by atoms with E-state index in [1.165, 1.54) is 11.4 Å². The maximum atomic E-state index is 15.1. The van der Waals surface area contributed by atoms with Crippen LogP contribution in [0, 0.1) is 5.82 Å². The second-order valence-electron chi connectivity index (χ2n) is 7.71. The molecular formula is C21H16ClF4N3O5S. The summed E-state index contributed by atoms with van der Waals surface area (Å²) < 4.78 is 74.3. The second kappa shape index (κ2) is 8.88. The zero-order chi connectivity index (χ0) is 25.8. The summed E-state index contributed by atoms with van der Waals surface area (Å²) in [4.78, 5) is 37.7. The first-order chi connectivity index (χ1) is 16.4. The number of Topliss-reactive ketones (excluding diaryl/α,β-unsaturated/α-hetero) is 1. The van der Waals surface area contributed by atoms with E-state index >= 15 is 4.39 Å². The molecular weight excluding hydrogens is 518 g/mol. The summed E-state index contributed by atoms with van der Waals surface area (Å²) in [7, 11) is 2.17. The number of methoxy groups -OCH3 is 1. The second-order valence-corrected chi connectivity index (χ2v) is 9.49. The number of rotatable bonds is 4. The first kappa shape index (κ1) is 25.1. The van der Waals surface area contributed by atoms with Gasteiger partial charge in [-0.2, -0.15) is 17.5 Å². The number of anilines is 2. The Bertz CT molecular complexity index is 1230. The van der Waals surface area contributed by atoms with Gasteiger partial charge in [-0.1, -0.05) is 23.7 Å². The molecule has 0 spiro atoms. The number of carbonyl (C=O) groups excluding carboxylic acids is 3. The molecule has 35 heavy (non-hydrogen) atoms. The van der Waals surface area contributed by atoms with Crippen molar-refractivity contribution in [3.05, 3.63) is 52.3 Å². The Morgan fingerprint density at radius 1 is 1.17 bits per heavy atom. The Balaban J connectivity index is 1.78. The molecule has 2 aromatic rings. The molecule has 0 saturated carbocycles. The van der Waals surface area contributed by atoms with Gasteiger partial charge >= 0.3 is 18.1 Å². The van der Waals surface area contributed by atoms with Gasteiger partial charge < -0.3 is 14.2 Å². The number of urea groups is 1. The van der Waals surface area contributed by atoms with Crippen LogP contribution in [0.1, 0.15) is 11.1 Å². The molecule has 186 valence electrons. The van der Waals surface area contributed by atoms with Gasteiger partial charge in [-0.15, -0.1) is 0 Å². The molecule has 14 heteroatoms. The smallest absolute Gasteiger partial charge is 0.416 e. The Hall–Kier alpha value is -3.03. The molecule has 3 amide bonds. The van der Waals surface area contributed by atoms with Crippen LogP contribution in [0.3, 0.4) is 0 Å². The minimum atomic E-state index is -5.21. The molecule has 0 bridgehead atoms. The number of halogens is 5. The number of hydrogen-bond acceptors (Lipinski definition) is 6. The fourth-order valence-corrected chi connectivity index (χ4v) is 5.71. The van der Waals surface area contributed by atoms with Crippen molar-refractivity contribution >= 4 is 52.1 Å². The number of imide groups is 1. The van der Waals surface area contributed by atoms with E-state index in [0.717, 1.165) is 6.07 Å². The predicted octanol–water partition coefficient (Wildman–Crippen LogP) is 3.57. The fraction of sp³-hybridized carbons (Fsp3) is 0.286. The lowest BCUT2D eigenvalue weighted by Gasteiger charge is -2.37. The molecule has 0 aliphatic carbocycles. The quantitative estimate of drug-likeness (QED) is 0.339. The summed E-state index contributed by atoms with van der Waals surface area (Å²) in [6.07, 6.45) is -5.21. The van der Waals surface area contributed by atoms with E-state index in [-0.39, 0.29) is 32.6 Å². The van der Waals surface area contributed by atoms with Crippen molar-refractivity contribution in [3.8, 4) is 5.75 Å². The number of likely N-dealkylation sites (N-methyl/N-ethyl adjacent to an activating group) is 1. The average molecular weight is 534 g/mol. The van der Waals surface area contributed by atoms with E-state index in [4.69, 9.17) is 16.3 Å². The molecule has 2 aliphatic heterocycles. The molecule has 2 atom stereocenters. The number of amides is 3. The summed E-state index contributed by atoms with van der Waals surface area (Å²) in [5.74, 6) is -4.84. The van der Waals surface area contributed by atoms with Gasteiger partial charge in [0.05, 0.1) is 35.6 Å². The summed E-state index contributed by atoms with van der Waals surface area (Å²) in [5.41, 5.74) is -0.200. The number of fused-ring (bicyclic) bond motifs is 1. The minimum Gasteiger partial charge on any atom is -0.593 e. The molecule has 1 saturated heterocycles. The Kier molecular flexibility index (Phi) is 6.36. The zero-order valence-corrected chi connectivity index (χ0v) is 19.6. The van der Waals surface area contributed by atoms with Gasteiger partial charge in [0, 0.05) is 7.05 Å². The number of ketones is 1. The van der Waals surface area contributed by atoms with Crippen molar-refractivity contribution in [3.63, 3.8) is 0 Å². The van der Waals surface area contributed by atoms with Gasteiger partial charge in [0.25, 0.3) is 5.78 Å². The van der Waals surface area contributed by atoms with Gasteiger partial charge in [-0.25, -0.2) is 14.1 Å². The number of benzene rings is 2. The monoisotopic (exact) mass is 533 g/mol. The first-order valence-electron chi connectivity index (χ1n) is 9.88. The SMILES string of the molecule is COc1ccc(CN2c3c(Cl)cc(F)c(N4C(=O)C(=O)C(C(F)(F)F)N(C)C4=O)c3C[S+]2[O-])cc1. The van der Waals surface area contributed by atoms with E-state index in [1.54, 1.807) is 24.3 Å². The average Bonchev–Trinajstić information content (AvgIpc) is 3.10. The number of nitrogens with zero attached hydrogens (tertiary/aromatic N) is 3.